The van der Waals surface area contributed by atoms with Crippen molar-refractivity contribution in [3.8, 4) is 0 Å². The van der Waals surface area contributed by atoms with E-state index in [0.717, 1.165) is 35.0 Å². The first-order valence-corrected chi connectivity index (χ1v) is 8.66. The minimum absolute atomic E-state index is 0.796. The number of thiophene rings is 1. The largest absolute Gasteiger partial charge is 0.356 e. The molecule has 0 aliphatic carbocycles. The van der Waals surface area contributed by atoms with E-state index in [1.807, 2.05) is 0 Å². The molecule has 3 heterocycles. The number of aryl methyl sites for hydroxylation is 2. The first kappa shape index (κ1) is 13.3. The van der Waals surface area contributed by atoms with Crippen LogP contribution in [-0.4, -0.2) is 28.4 Å². The number of hydrogen-bond donors (Lipinski definition) is 0. The summed E-state index contributed by atoms with van der Waals surface area (Å²) in [5, 5.41) is 2.37. The molecule has 0 aromatic carbocycles. The minimum atomic E-state index is 0.796. The number of alkyl halides is 1. The summed E-state index contributed by atoms with van der Waals surface area (Å²) in [7, 11) is 0. The fraction of sp³-hybridized carbons (Fsp3) is 0.571. The van der Waals surface area contributed by atoms with Crippen molar-refractivity contribution in [2.45, 2.75) is 26.7 Å². The summed E-state index contributed by atoms with van der Waals surface area (Å²) >= 11 is 5.33. The van der Waals surface area contributed by atoms with Gasteiger partial charge in [0.15, 0.2) is 0 Å². The molecule has 5 heteroatoms. The maximum absolute atomic E-state index is 4.57. The van der Waals surface area contributed by atoms with E-state index in [1.165, 1.54) is 28.7 Å². The fourth-order valence-corrected chi connectivity index (χ4v) is 4.46. The average Bonchev–Trinajstić information content (AvgIpc) is 2.96. The van der Waals surface area contributed by atoms with Crippen LogP contribution in [0.4, 0.5) is 5.82 Å². The quantitative estimate of drug-likeness (QED) is 0.793. The van der Waals surface area contributed by atoms with Gasteiger partial charge in [0.1, 0.15) is 17.0 Å². The first-order chi connectivity index (χ1) is 9.20. The Kier molecular flexibility index (Phi) is 3.76. The van der Waals surface area contributed by atoms with E-state index in [-0.39, 0.29) is 0 Å². The van der Waals surface area contributed by atoms with Gasteiger partial charge in [-0.25, -0.2) is 9.97 Å². The molecule has 1 aliphatic rings. The number of nitrogens with zero attached hydrogens (tertiary/aromatic N) is 3. The normalized spacial score (nSPS) is 19.5. The monoisotopic (exact) mass is 339 g/mol. The Morgan fingerprint density at radius 3 is 3.05 bits per heavy atom. The average molecular weight is 340 g/mol. The van der Waals surface area contributed by atoms with Crippen LogP contribution in [0.25, 0.3) is 10.2 Å². The van der Waals surface area contributed by atoms with Gasteiger partial charge >= 0.3 is 0 Å². The molecule has 1 saturated heterocycles. The molecule has 0 amide bonds. The molecule has 1 atom stereocenters. The van der Waals surface area contributed by atoms with Crippen LogP contribution in [0.3, 0.4) is 0 Å². The third kappa shape index (κ3) is 2.38. The number of rotatable bonds is 3. The fourth-order valence-electron chi connectivity index (χ4n) is 2.82. The summed E-state index contributed by atoms with van der Waals surface area (Å²) in [6.07, 6.45) is 4.25. The molecule has 0 spiro atoms. The van der Waals surface area contributed by atoms with Crippen molar-refractivity contribution in [3.05, 3.63) is 16.8 Å². The van der Waals surface area contributed by atoms with Crippen LogP contribution in [0.5, 0.6) is 0 Å². The van der Waals surface area contributed by atoms with Crippen LogP contribution in [-0.2, 0) is 0 Å². The Balaban J connectivity index is 1.97. The Bertz CT molecular complexity index is 596. The first-order valence-electron chi connectivity index (χ1n) is 6.72. The van der Waals surface area contributed by atoms with Crippen LogP contribution in [0.2, 0.25) is 0 Å². The van der Waals surface area contributed by atoms with Crippen LogP contribution in [0, 0.1) is 19.8 Å². The summed E-state index contributed by atoms with van der Waals surface area (Å²) in [4.78, 5) is 13.9. The van der Waals surface area contributed by atoms with Crippen molar-refractivity contribution in [3.63, 3.8) is 0 Å². The second-order valence-corrected chi connectivity index (χ2v) is 7.24. The van der Waals surface area contributed by atoms with Crippen LogP contribution in [0.15, 0.2) is 6.33 Å². The van der Waals surface area contributed by atoms with E-state index in [1.54, 1.807) is 17.7 Å². The standard InChI is InChI=1S/C14H18BrN3S/c1-9-10(2)19-14-12(9)13(16-8-17-14)18-6-4-11(7-18)3-5-15/h8,11H,3-7H2,1-2H3. The Labute approximate surface area is 126 Å². The van der Waals surface area contributed by atoms with E-state index in [9.17, 15) is 0 Å². The Morgan fingerprint density at radius 2 is 2.26 bits per heavy atom. The van der Waals surface area contributed by atoms with Crippen LogP contribution >= 0.6 is 27.3 Å². The van der Waals surface area contributed by atoms with Gasteiger partial charge in [0.05, 0.1) is 5.39 Å². The molecule has 3 nitrogen and oxygen atoms in total. The van der Waals surface area contributed by atoms with E-state index in [4.69, 9.17) is 0 Å². The number of halogens is 1. The van der Waals surface area contributed by atoms with E-state index in [2.05, 4.69) is 44.6 Å². The van der Waals surface area contributed by atoms with Crippen molar-refractivity contribution < 1.29 is 0 Å². The zero-order chi connectivity index (χ0) is 13.4. The lowest BCUT2D eigenvalue weighted by Gasteiger charge is -2.18. The molecule has 3 rings (SSSR count). The van der Waals surface area contributed by atoms with Gasteiger partial charge in [0.2, 0.25) is 0 Å². The van der Waals surface area contributed by atoms with Gasteiger partial charge in [0, 0.05) is 23.3 Å². The molecule has 102 valence electrons. The zero-order valence-electron chi connectivity index (χ0n) is 11.3. The van der Waals surface area contributed by atoms with E-state index in [0.29, 0.717) is 0 Å². The van der Waals surface area contributed by atoms with Crippen LogP contribution < -0.4 is 4.90 Å². The number of fused-ring (bicyclic) bond motifs is 1. The van der Waals surface area contributed by atoms with E-state index < -0.39 is 0 Å². The second kappa shape index (κ2) is 5.37. The minimum Gasteiger partial charge on any atom is -0.356 e. The summed E-state index contributed by atoms with van der Waals surface area (Å²) in [6, 6.07) is 0. The van der Waals surface area contributed by atoms with Crippen molar-refractivity contribution in [1.82, 2.24) is 9.97 Å². The van der Waals surface area contributed by atoms with Gasteiger partial charge in [-0.2, -0.15) is 0 Å². The SMILES string of the molecule is Cc1sc2ncnc(N3CCC(CCBr)C3)c2c1C. The van der Waals surface area contributed by atoms with Gasteiger partial charge in [-0.05, 0) is 38.2 Å². The predicted molar refractivity (Wildman–Crippen MR) is 85.6 cm³/mol. The van der Waals surface area contributed by atoms with Crippen molar-refractivity contribution in [2.75, 3.05) is 23.3 Å². The number of anilines is 1. The molecule has 0 radical (unpaired) electrons. The maximum atomic E-state index is 4.57. The predicted octanol–water partition coefficient (Wildman–Crippen LogP) is 3.92. The van der Waals surface area contributed by atoms with Crippen LogP contribution in [0.1, 0.15) is 23.3 Å². The van der Waals surface area contributed by atoms with Crippen molar-refractivity contribution in [2.24, 2.45) is 5.92 Å². The summed E-state index contributed by atoms with van der Waals surface area (Å²) in [5.41, 5.74) is 1.35. The maximum Gasteiger partial charge on any atom is 0.141 e. The highest BCUT2D eigenvalue weighted by atomic mass is 79.9. The lowest BCUT2D eigenvalue weighted by molar-refractivity contribution is 0.575. The molecule has 19 heavy (non-hydrogen) atoms. The summed E-state index contributed by atoms with van der Waals surface area (Å²) in [6.45, 7) is 6.61. The van der Waals surface area contributed by atoms with Gasteiger partial charge in [-0.15, -0.1) is 11.3 Å². The Morgan fingerprint density at radius 1 is 1.42 bits per heavy atom. The molecule has 0 N–H and O–H groups in total. The topological polar surface area (TPSA) is 29.0 Å². The third-order valence-electron chi connectivity index (χ3n) is 4.05. The smallest absolute Gasteiger partial charge is 0.141 e. The summed E-state index contributed by atoms with van der Waals surface area (Å²) < 4.78 is 0. The van der Waals surface area contributed by atoms with Gasteiger partial charge < -0.3 is 4.90 Å². The molecule has 1 aliphatic heterocycles. The van der Waals surface area contributed by atoms with Gasteiger partial charge in [0.25, 0.3) is 0 Å². The molecular formula is C14H18BrN3S. The Hall–Kier alpha value is -0.680. The molecule has 0 saturated carbocycles. The molecule has 2 aromatic heterocycles. The highest BCUT2D eigenvalue weighted by molar-refractivity contribution is 9.09. The lowest BCUT2D eigenvalue weighted by atomic mass is 10.1. The van der Waals surface area contributed by atoms with Crippen molar-refractivity contribution >= 4 is 43.3 Å². The highest BCUT2D eigenvalue weighted by Crippen LogP contribution is 2.36. The lowest BCUT2D eigenvalue weighted by Crippen LogP contribution is -2.21. The highest BCUT2D eigenvalue weighted by Gasteiger charge is 2.25. The van der Waals surface area contributed by atoms with Gasteiger partial charge in [-0.1, -0.05) is 15.9 Å². The van der Waals surface area contributed by atoms with E-state index >= 15 is 0 Å². The number of aromatic nitrogens is 2. The second-order valence-electron chi connectivity index (χ2n) is 5.24. The van der Waals surface area contributed by atoms with Crippen molar-refractivity contribution in [1.29, 1.82) is 0 Å². The zero-order valence-corrected chi connectivity index (χ0v) is 13.7. The number of hydrogen-bond acceptors (Lipinski definition) is 4. The molecule has 1 unspecified atom stereocenters. The summed E-state index contributed by atoms with van der Waals surface area (Å²) in [5.74, 6) is 1.94. The molecular weight excluding hydrogens is 322 g/mol. The third-order valence-corrected chi connectivity index (χ3v) is 5.62. The molecule has 2 aromatic rings. The molecule has 1 fully saturated rings. The molecule has 0 bridgehead atoms. The van der Waals surface area contributed by atoms with Gasteiger partial charge in [-0.3, -0.25) is 0 Å².